The number of rotatable bonds is 3. The predicted molar refractivity (Wildman–Crippen MR) is 72.2 cm³/mol. The van der Waals surface area contributed by atoms with Crippen LogP contribution in [0.15, 0.2) is 46.9 Å². The highest BCUT2D eigenvalue weighted by atomic mass is 19.1. The van der Waals surface area contributed by atoms with Crippen LogP contribution in [-0.4, -0.2) is 11.5 Å². The van der Waals surface area contributed by atoms with Gasteiger partial charge in [-0.2, -0.15) is 0 Å². The first-order valence-corrected chi connectivity index (χ1v) is 6.12. The lowest BCUT2D eigenvalue weighted by Crippen LogP contribution is -2.02. The summed E-state index contributed by atoms with van der Waals surface area (Å²) in [6.45, 7) is 0.587. The minimum Gasteiger partial charge on any atom is -0.436 e. The van der Waals surface area contributed by atoms with Crippen molar-refractivity contribution in [2.45, 2.75) is 6.42 Å². The number of nitrogens with two attached hydrogens (primary N) is 1. The first-order valence-electron chi connectivity index (χ1n) is 6.12. The largest absolute Gasteiger partial charge is 0.436 e. The van der Waals surface area contributed by atoms with Gasteiger partial charge in [-0.15, -0.1) is 0 Å². The van der Waals surface area contributed by atoms with Crippen LogP contribution in [0.25, 0.3) is 22.6 Å². The van der Waals surface area contributed by atoms with Crippen LogP contribution in [0, 0.1) is 5.82 Å². The van der Waals surface area contributed by atoms with E-state index in [0.717, 1.165) is 17.5 Å². The summed E-state index contributed by atoms with van der Waals surface area (Å²) in [7, 11) is 0. The molecule has 2 aromatic carbocycles. The highest BCUT2D eigenvalue weighted by molar-refractivity contribution is 5.77. The summed E-state index contributed by atoms with van der Waals surface area (Å²) in [5, 5.41) is 0. The Hall–Kier alpha value is -2.20. The Bertz CT molecular complexity index is 721. The van der Waals surface area contributed by atoms with Gasteiger partial charge in [-0.25, -0.2) is 9.37 Å². The van der Waals surface area contributed by atoms with E-state index in [1.54, 1.807) is 18.2 Å². The summed E-state index contributed by atoms with van der Waals surface area (Å²) in [6, 6.07) is 12.2. The molecule has 4 heteroatoms. The molecule has 0 unspecified atom stereocenters. The molecule has 0 atom stereocenters. The molecule has 0 saturated carbocycles. The van der Waals surface area contributed by atoms with Crippen molar-refractivity contribution in [3.63, 3.8) is 0 Å². The molecule has 2 N–H and O–H groups in total. The second kappa shape index (κ2) is 4.82. The topological polar surface area (TPSA) is 52.0 Å². The lowest BCUT2D eigenvalue weighted by Gasteiger charge is -1.95. The summed E-state index contributed by atoms with van der Waals surface area (Å²) in [4.78, 5) is 4.34. The van der Waals surface area contributed by atoms with Crippen molar-refractivity contribution in [3.05, 3.63) is 53.8 Å². The normalized spacial score (nSPS) is 11.1. The van der Waals surface area contributed by atoms with Crippen molar-refractivity contribution < 1.29 is 8.81 Å². The van der Waals surface area contributed by atoms with Gasteiger partial charge in [-0.1, -0.05) is 18.2 Å². The molecule has 1 heterocycles. The number of hydrogen-bond acceptors (Lipinski definition) is 3. The first kappa shape index (κ1) is 11.9. The van der Waals surface area contributed by atoms with Gasteiger partial charge < -0.3 is 10.2 Å². The molecule has 0 spiro atoms. The summed E-state index contributed by atoms with van der Waals surface area (Å²) in [6.07, 6.45) is 0.790. The monoisotopic (exact) mass is 256 g/mol. The van der Waals surface area contributed by atoms with Crippen LogP contribution in [0.5, 0.6) is 0 Å². The standard InChI is InChI=1S/C15H13FN2O/c16-12-4-2-1-3-11(12)15-18-13-9-10(7-8-17)5-6-14(13)19-15/h1-6,9H,7-8,17H2. The van der Waals surface area contributed by atoms with Crippen molar-refractivity contribution in [2.24, 2.45) is 5.73 Å². The molecule has 3 nitrogen and oxygen atoms in total. The van der Waals surface area contributed by atoms with Crippen molar-refractivity contribution in [1.82, 2.24) is 4.98 Å². The smallest absolute Gasteiger partial charge is 0.230 e. The minimum atomic E-state index is -0.337. The van der Waals surface area contributed by atoms with E-state index in [0.29, 0.717) is 23.6 Å². The fraction of sp³-hybridized carbons (Fsp3) is 0.133. The van der Waals surface area contributed by atoms with Gasteiger partial charge in [-0.3, -0.25) is 0 Å². The molecule has 3 aromatic rings. The van der Waals surface area contributed by atoms with Crippen LogP contribution >= 0.6 is 0 Å². The zero-order valence-corrected chi connectivity index (χ0v) is 10.3. The van der Waals surface area contributed by atoms with Gasteiger partial charge in [0.15, 0.2) is 5.58 Å². The summed E-state index contributed by atoms with van der Waals surface area (Å²) in [5.74, 6) is -0.0331. The Kier molecular flexibility index (Phi) is 3.01. The molecular weight excluding hydrogens is 243 g/mol. The van der Waals surface area contributed by atoms with Crippen LogP contribution in [0.3, 0.4) is 0 Å². The fourth-order valence-corrected chi connectivity index (χ4v) is 2.05. The molecule has 0 bridgehead atoms. The molecule has 19 heavy (non-hydrogen) atoms. The lowest BCUT2D eigenvalue weighted by atomic mass is 10.1. The zero-order chi connectivity index (χ0) is 13.2. The third-order valence-corrected chi connectivity index (χ3v) is 2.99. The van der Waals surface area contributed by atoms with Gasteiger partial charge in [0.25, 0.3) is 0 Å². The summed E-state index contributed by atoms with van der Waals surface area (Å²) in [5.41, 5.74) is 8.38. The molecule has 96 valence electrons. The molecule has 0 fully saturated rings. The fourth-order valence-electron chi connectivity index (χ4n) is 2.05. The molecular formula is C15H13FN2O. The Morgan fingerprint density at radius 3 is 2.79 bits per heavy atom. The second-order valence-electron chi connectivity index (χ2n) is 4.34. The molecule has 0 aliphatic carbocycles. The van der Waals surface area contributed by atoms with Crippen LogP contribution < -0.4 is 5.73 Å². The summed E-state index contributed by atoms with van der Waals surface area (Å²) >= 11 is 0. The van der Waals surface area contributed by atoms with E-state index in [1.165, 1.54) is 6.07 Å². The van der Waals surface area contributed by atoms with Crippen molar-refractivity contribution in [1.29, 1.82) is 0 Å². The lowest BCUT2D eigenvalue weighted by molar-refractivity contribution is 0.593. The second-order valence-corrected chi connectivity index (χ2v) is 4.34. The number of oxazole rings is 1. The van der Waals surface area contributed by atoms with Gasteiger partial charge in [-0.05, 0) is 42.8 Å². The van der Waals surface area contributed by atoms with E-state index < -0.39 is 0 Å². The van der Waals surface area contributed by atoms with Crippen LogP contribution in [0.4, 0.5) is 4.39 Å². The first-order chi connectivity index (χ1) is 9.28. The van der Waals surface area contributed by atoms with E-state index in [1.807, 2.05) is 18.2 Å². The molecule has 0 saturated heterocycles. The average molecular weight is 256 g/mol. The van der Waals surface area contributed by atoms with Gasteiger partial charge in [0.2, 0.25) is 5.89 Å². The third-order valence-electron chi connectivity index (χ3n) is 2.99. The quantitative estimate of drug-likeness (QED) is 0.783. The molecule has 1 aromatic heterocycles. The number of aromatic nitrogens is 1. The third kappa shape index (κ3) is 2.22. The predicted octanol–water partition coefficient (Wildman–Crippen LogP) is 3.14. The van der Waals surface area contributed by atoms with Crippen LogP contribution in [0.1, 0.15) is 5.56 Å². The van der Waals surface area contributed by atoms with Crippen molar-refractivity contribution in [3.8, 4) is 11.5 Å². The number of benzene rings is 2. The number of nitrogens with zero attached hydrogens (tertiary/aromatic N) is 1. The summed E-state index contributed by atoms with van der Waals surface area (Å²) < 4.78 is 19.3. The Labute approximate surface area is 109 Å². The molecule has 0 aliphatic heterocycles. The maximum absolute atomic E-state index is 13.7. The molecule has 3 rings (SSSR count). The highest BCUT2D eigenvalue weighted by Gasteiger charge is 2.12. The van der Waals surface area contributed by atoms with Gasteiger partial charge in [0.05, 0.1) is 5.56 Å². The zero-order valence-electron chi connectivity index (χ0n) is 10.3. The average Bonchev–Trinajstić information content (AvgIpc) is 2.82. The maximum atomic E-state index is 13.7. The van der Waals surface area contributed by atoms with Gasteiger partial charge >= 0.3 is 0 Å². The van der Waals surface area contributed by atoms with E-state index in [-0.39, 0.29) is 5.82 Å². The Balaban J connectivity index is 2.09. The number of fused-ring (bicyclic) bond motifs is 1. The Morgan fingerprint density at radius 1 is 1.16 bits per heavy atom. The van der Waals surface area contributed by atoms with Gasteiger partial charge in [0.1, 0.15) is 11.3 Å². The SMILES string of the molecule is NCCc1ccc2oc(-c3ccccc3F)nc2c1. The highest BCUT2D eigenvalue weighted by Crippen LogP contribution is 2.26. The van der Waals surface area contributed by atoms with E-state index >= 15 is 0 Å². The maximum Gasteiger partial charge on any atom is 0.230 e. The van der Waals surface area contributed by atoms with Gasteiger partial charge in [0, 0.05) is 0 Å². The van der Waals surface area contributed by atoms with E-state index in [9.17, 15) is 4.39 Å². The minimum absolute atomic E-state index is 0.304. The number of hydrogen-bond donors (Lipinski definition) is 1. The number of halogens is 1. The Morgan fingerprint density at radius 2 is 2.00 bits per heavy atom. The van der Waals surface area contributed by atoms with Crippen molar-refractivity contribution >= 4 is 11.1 Å². The van der Waals surface area contributed by atoms with E-state index in [4.69, 9.17) is 10.2 Å². The molecule has 0 aliphatic rings. The molecule has 0 radical (unpaired) electrons. The van der Waals surface area contributed by atoms with Crippen LogP contribution in [0.2, 0.25) is 0 Å². The van der Waals surface area contributed by atoms with E-state index in [2.05, 4.69) is 4.98 Å². The van der Waals surface area contributed by atoms with Crippen LogP contribution in [-0.2, 0) is 6.42 Å². The molecule has 0 amide bonds. The van der Waals surface area contributed by atoms with Crippen molar-refractivity contribution in [2.75, 3.05) is 6.54 Å².